The van der Waals surface area contributed by atoms with Crippen molar-refractivity contribution in [3.05, 3.63) is 34.9 Å². The van der Waals surface area contributed by atoms with Gasteiger partial charge in [0.1, 0.15) is 6.54 Å². The summed E-state index contributed by atoms with van der Waals surface area (Å²) < 4.78 is 4.88. The molecule has 0 aromatic heterocycles. The van der Waals surface area contributed by atoms with E-state index in [0.717, 1.165) is 36.8 Å². The molecule has 0 aliphatic heterocycles. The van der Waals surface area contributed by atoms with E-state index < -0.39 is 5.97 Å². The largest absolute Gasteiger partial charge is 0.454 e. The second kappa shape index (κ2) is 8.47. The van der Waals surface area contributed by atoms with E-state index in [1.807, 2.05) is 19.9 Å². The molecule has 1 aromatic carbocycles. The number of esters is 1. The molecule has 0 unspecified atom stereocenters. The molecule has 0 radical (unpaired) electrons. The summed E-state index contributed by atoms with van der Waals surface area (Å²) in [6.07, 6.45) is 4.20. The maximum absolute atomic E-state index is 12.0. The zero-order valence-corrected chi connectivity index (χ0v) is 14.2. The average molecular weight is 332 g/mol. The lowest BCUT2D eigenvalue weighted by molar-refractivity contribution is -0.147. The summed E-state index contributed by atoms with van der Waals surface area (Å²) in [5.74, 6) is -1.27. The van der Waals surface area contributed by atoms with Crippen LogP contribution in [0.1, 0.15) is 47.2 Å². The third-order valence-electron chi connectivity index (χ3n) is 4.25. The standard InChI is InChI=1S/C18H24N2O4/c1-12-7-8-14(9-13(12)2)18(23)19-10-17(22)24-11-16(21)20-15-5-3-4-6-15/h7-9,15H,3-6,10-11H2,1-2H3,(H,19,23)(H,20,21). The molecule has 1 fully saturated rings. The molecule has 1 saturated carbocycles. The molecule has 2 amide bonds. The first-order valence-electron chi connectivity index (χ1n) is 8.26. The quantitative estimate of drug-likeness (QED) is 0.776. The van der Waals surface area contributed by atoms with Gasteiger partial charge in [-0.15, -0.1) is 0 Å². The summed E-state index contributed by atoms with van der Waals surface area (Å²) >= 11 is 0. The number of hydrogen-bond donors (Lipinski definition) is 2. The average Bonchev–Trinajstić information content (AvgIpc) is 3.06. The normalized spacial score (nSPS) is 14.2. The number of rotatable bonds is 6. The van der Waals surface area contributed by atoms with Crippen molar-refractivity contribution >= 4 is 17.8 Å². The summed E-state index contributed by atoms with van der Waals surface area (Å²) in [4.78, 5) is 35.3. The lowest BCUT2D eigenvalue weighted by Crippen LogP contribution is -2.37. The van der Waals surface area contributed by atoms with Crippen LogP contribution in [0, 0.1) is 13.8 Å². The van der Waals surface area contributed by atoms with Crippen molar-refractivity contribution in [2.24, 2.45) is 0 Å². The van der Waals surface area contributed by atoms with Crippen LogP contribution >= 0.6 is 0 Å². The highest BCUT2D eigenvalue weighted by atomic mass is 16.5. The summed E-state index contributed by atoms with van der Waals surface area (Å²) in [6.45, 7) is 3.31. The summed E-state index contributed by atoms with van der Waals surface area (Å²) in [5.41, 5.74) is 2.60. The molecule has 1 aliphatic carbocycles. The molecule has 1 aliphatic rings. The maximum atomic E-state index is 12.0. The number of benzene rings is 1. The van der Waals surface area contributed by atoms with Gasteiger partial charge < -0.3 is 15.4 Å². The smallest absolute Gasteiger partial charge is 0.325 e. The number of carbonyl (C=O) groups excluding carboxylic acids is 3. The van der Waals surface area contributed by atoms with Crippen LogP contribution in [0.25, 0.3) is 0 Å². The predicted octanol–water partition coefficient (Wildman–Crippen LogP) is 1.64. The van der Waals surface area contributed by atoms with Crippen LogP contribution in [0.5, 0.6) is 0 Å². The minimum absolute atomic E-state index is 0.195. The fourth-order valence-corrected chi connectivity index (χ4v) is 2.67. The van der Waals surface area contributed by atoms with Crippen LogP contribution in [0.4, 0.5) is 0 Å². The van der Waals surface area contributed by atoms with Crippen LogP contribution in [0.3, 0.4) is 0 Å². The van der Waals surface area contributed by atoms with E-state index in [1.54, 1.807) is 12.1 Å². The fraction of sp³-hybridized carbons (Fsp3) is 0.500. The van der Waals surface area contributed by atoms with Gasteiger partial charge in [-0.2, -0.15) is 0 Å². The maximum Gasteiger partial charge on any atom is 0.325 e. The molecular formula is C18H24N2O4. The highest BCUT2D eigenvalue weighted by molar-refractivity contribution is 5.96. The topological polar surface area (TPSA) is 84.5 Å². The van der Waals surface area contributed by atoms with E-state index >= 15 is 0 Å². The molecule has 2 rings (SSSR count). The van der Waals surface area contributed by atoms with Crippen LogP contribution in [-0.4, -0.2) is 37.0 Å². The van der Waals surface area contributed by atoms with E-state index in [-0.39, 0.29) is 31.0 Å². The van der Waals surface area contributed by atoms with Gasteiger partial charge in [-0.1, -0.05) is 18.9 Å². The Morgan fingerprint density at radius 3 is 2.50 bits per heavy atom. The Balaban J connectivity index is 1.69. The second-order valence-electron chi connectivity index (χ2n) is 6.19. The molecule has 0 spiro atoms. The SMILES string of the molecule is Cc1ccc(C(=O)NCC(=O)OCC(=O)NC2CCCC2)cc1C. The van der Waals surface area contributed by atoms with Gasteiger partial charge in [-0.05, 0) is 49.9 Å². The van der Waals surface area contributed by atoms with E-state index in [2.05, 4.69) is 10.6 Å². The minimum Gasteiger partial charge on any atom is -0.454 e. The number of hydrogen-bond acceptors (Lipinski definition) is 4. The Bertz CT molecular complexity index is 621. The molecule has 1 aromatic rings. The van der Waals surface area contributed by atoms with Crippen molar-refractivity contribution in [3.8, 4) is 0 Å². The van der Waals surface area contributed by atoms with E-state index in [4.69, 9.17) is 4.74 Å². The van der Waals surface area contributed by atoms with E-state index in [1.165, 1.54) is 0 Å². The Kier molecular flexibility index (Phi) is 6.35. The third kappa shape index (κ3) is 5.37. The third-order valence-corrected chi connectivity index (χ3v) is 4.25. The van der Waals surface area contributed by atoms with Crippen molar-refractivity contribution in [1.29, 1.82) is 0 Å². The highest BCUT2D eigenvalue weighted by Gasteiger charge is 2.18. The van der Waals surface area contributed by atoms with Crippen LogP contribution in [-0.2, 0) is 14.3 Å². The minimum atomic E-state index is -0.631. The van der Waals surface area contributed by atoms with Gasteiger partial charge in [0, 0.05) is 11.6 Å². The van der Waals surface area contributed by atoms with Gasteiger partial charge in [-0.25, -0.2) is 0 Å². The van der Waals surface area contributed by atoms with Gasteiger partial charge in [-0.3, -0.25) is 14.4 Å². The first-order chi connectivity index (χ1) is 11.5. The molecule has 6 heteroatoms. The van der Waals surface area contributed by atoms with Gasteiger partial charge >= 0.3 is 5.97 Å². The molecule has 0 saturated heterocycles. The molecule has 0 bridgehead atoms. The molecule has 6 nitrogen and oxygen atoms in total. The predicted molar refractivity (Wildman–Crippen MR) is 89.6 cm³/mol. The number of aryl methyl sites for hydroxylation is 2. The van der Waals surface area contributed by atoms with E-state index in [9.17, 15) is 14.4 Å². The summed E-state index contributed by atoms with van der Waals surface area (Å²) in [6, 6.07) is 5.53. The van der Waals surface area contributed by atoms with Gasteiger partial charge in [0.05, 0.1) is 0 Å². The monoisotopic (exact) mass is 332 g/mol. The molecule has 24 heavy (non-hydrogen) atoms. The molecular weight excluding hydrogens is 308 g/mol. The van der Waals surface area contributed by atoms with Crippen molar-refractivity contribution in [2.75, 3.05) is 13.2 Å². The van der Waals surface area contributed by atoms with Gasteiger partial charge in [0.25, 0.3) is 11.8 Å². The van der Waals surface area contributed by atoms with Crippen molar-refractivity contribution in [3.63, 3.8) is 0 Å². The number of amides is 2. The van der Waals surface area contributed by atoms with Gasteiger partial charge in [0.15, 0.2) is 6.61 Å². The van der Waals surface area contributed by atoms with Crippen molar-refractivity contribution in [2.45, 2.75) is 45.6 Å². The Hall–Kier alpha value is -2.37. The lowest BCUT2D eigenvalue weighted by atomic mass is 10.1. The van der Waals surface area contributed by atoms with Crippen LogP contribution < -0.4 is 10.6 Å². The molecule has 2 N–H and O–H groups in total. The Morgan fingerprint density at radius 1 is 1.12 bits per heavy atom. The zero-order chi connectivity index (χ0) is 17.5. The first-order valence-corrected chi connectivity index (χ1v) is 8.26. The lowest BCUT2D eigenvalue weighted by Gasteiger charge is -2.12. The highest BCUT2D eigenvalue weighted by Crippen LogP contribution is 2.17. The van der Waals surface area contributed by atoms with Crippen LogP contribution in [0.15, 0.2) is 18.2 Å². The van der Waals surface area contributed by atoms with Crippen molar-refractivity contribution < 1.29 is 19.1 Å². The van der Waals surface area contributed by atoms with Crippen LogP contribution in [0.2, 0.25) is 0 Å². The second-order valence-corrected chi connectivity index (χ2v) is 6.19. The Morgan fingerprint density at radius 2 is 1.83 bits per heavy atom. The number of nitrogens with one attached hydrogen (secondary N) is 2. The Labute approximate surface area is 142 Å². The van der Waals surface area contributed by atoms with Crippen molar-refractivity contribution in [1.82, 2.24) is 10.6 Å². The number of carbonyl (C=O) groups is 3. The van der Waals surface area contributed by atoms with Gasteiger partial charge in [0.2, 0.25) is 0 Å². The summed E-state index contributed by atoms with van der Waals surface area (Å²) in [7, 11) is 0. The molecule has 130 valence electrons. The molecule has 0 heterocycles. The number of ether oxygens (including phenoxy) is 1. The first kappa shape index (κ1) is 18.0. The zero-order valence-electron chi connectivity index (χ0n) is 14.2. The summed E-state index contributed by atoms with van der Waals surface area (Å²) in [5, 5.41) is 5.33. The fourth-order valence-electron chi connectivity index (χ4n) is 2.67. The molecule has 0 atom stereocenters. The van der Waals surface area contributed by atoms with E-state index in [0.29, 0.717) is 5.56 Å².